The van der Waals surface area contributed by atoms with Crippen molar-refractivity contribution in [2.24, 2.45) is 0 Å². The number of aliphatic hydroxyl groups is 1. The van der Waals surface area contributed by atoms with Crippen LogP contribution in [-0.4, -0.2) is 41.4 Å². The summed E-state index contributed by atoms with van der Waals surface area (Å²) in [5.41, 5.74) is 0.874. The number of benzene rings is 1. The first-order valence-electron chi connectivity index (χ1n) is 5.41. The van der Waals surface area contributed by atoms with Crippen molar-refractivity contribution in [3.8, 4) is 0 Å². The topological polar surface area (TPSA) is 67.3 Å². The van der Waals surface area contributed by atoms with Crippen molar-refractivity contribution in [1.29, 1.82) is 0 Å². The van der Waals surface area contributed by atoms with Crippen LogP contribution in [0.2, 0.25) is 0 Å². The minimum absolute atomic E-state index is 0.00777. The van der Waals surface area contributed by atoms with E-state index in [2.05, 4.69) is 15.3 Å². The van der Waals surface area contributed by atoms with Gasteiger partial charge in [0, 0.05) is 12.5 Å². The molecule has 0 fully saturated rings. The normalized spacial score (nSPS) is 12.6. The molecule has 0 radical (unpaired) electrons. The number of hydrogen-bond acceptors (Lipinski definition) is 5. The molecule has 2 N–H and O–H groups in total. The maximum Gasteiger partial charge on any atom is 0.137 e. The molecule has 0 bridgehead atoms. The van der Waals surface area contributed by atoms with Gasteiger partial charge in [-0.15, -0.1) is 0 Å². The van der Waals surface area contributed by atoms with Gasteiger partial charge in [-0.2, -0.15) is 0 Å². The molecule has 5 heteroatoms. The number of nitrogens with one attached hydrogen (secondary N) is 1. The van der Waals surface area contributed by atoms with Crippen molar-refractivity contribution in [1.82, 2.24) is 9.97 Å². The van der Waals surface area contributed by atoms with Gasteiger partial charge in [0.25, 0.3) is 0 Å². The molecule has 1 heterocycles. The maximum atomic E-state index is 9.20. The van der Waals surface area contributed by atoms with Crippen molar-refractivity contribution in [2.45, 2.75) is 6.04 Å². The zero-order chi connectivity index (χ0) is 12.1. The van der Waals surface area contributed by atoms with Gasteiger partial charge in [0.15, 0.2) is 0 Å². The summed E-state index contributed by atoms with van der Waals surface area (Å²) >= 11 is 0. The van der Waals surface area contributed by atoms with Crippen LogP contribution in [0.25, 0.3) is 10.9 Å². The summed E-state index contributed by atoms with van der Waals surface area (Å²) in [6.45, 7) is 0.418. The molecule has 0 amide bonds. The summed E-state index contributed by atoms with van der Waals surface area (Å²) in [5, 5.41) is 13.3. The third kappa shape index (κ3) is 2.69. The molecule has 0 spiro atoms. The average Bonchev–Trinajstić information content (AvgIpc) is 2.38. The van der Waals surface area contributed by atoms with Crippen LogP contribution in [0.4, 0.5) is 5.82 Å². The molecule has 2 aromatic rings. The lowest BCUT2D eigenvalue weighted by Gasteiger charge is -2.16. The van der Waals surface area contributed by atoms with E-state index in [4.69, 9.17) is 4.74 Å². The van der Waals surface area contributed by atoms with Crippen molar-refractivity contribution < 1.29 is 9.84 Å². The first-order chi connectivity index (χ1) is 8.35. The number of hydrogen-bond donors (Lipinski definition) is 2. The molecular weight excluding hydrogens is 218 g/mol. The molecule has 0 saturated carbocycles. The molecule has 1 unspecified atom stereocenters. The standard InChI is InChI=1S/C12H15N3O2/c1-17-7-9(6-16)15-12-10-4-2-3-5-11(10)13-8-14-12/h2-5,8-9,16H,6-7H2,1H3,(H,13,14,15). The van der Waals surface area contributed by atoms with Gasteiger partial charge in [-0.05, 0) is 12.1 Å². The van der Waals surface area contributed by atoms with E-state index < -0.39 is 0 Å². The molecule has 1 aromatic carbocycles. The molecule has 17 heavy (non-hydrogen) atoms. The van der Waals surface area contributed by atoms with Gasteiger partial charge < -0.3 is 15.2 Å². The molecule has 0 aliphatic rings. The summed E-state index contributed by atoms with van der Waals surface area (Å²) in [7, 11) is 1.60. The second-order valence-electron chi connectivity index (χ2n) is 3.72. The number of nitrogens with zero attached hydrogens (tertiary/aromatic N) is 2. The number of methoxy groups -OCH3 is 1. The van der Waals surface area contributed by atoms with Crippen LogP contribution in [0.3, 0.4) is 0 Å². The van der Waals surface area contributed by atoms with Gasteiger partial charge >= 0.3 is 0 Å². The highest BCUT2D eigenvalue weighted by Gasteiger charge is 2.09. The number of rotatable bonds is 5. The van der Waals surface area contributed by atoms with Gasteiger partial charge in [-0.3, -0.25) is 0 Å². The van der Waals surface area contributed by atoms with Crippen LogP contribution in [0.1, 0.15) is 0 Å². The van der Waals surface area contributed by atoms with Gasteiger partial charge in [0.2, 0.25) is 0 Å². The highest BCUT2D eigenvalue weighted by atomic mass is 16.5. The summed E-state index contributed by atoms with van der Waals surface area (Å²) in [6.07, 6.45) is 1.51. The molecule has 90 valence electrons. The number of para-hydroxylation sites is 1. The Balaban J connectivity index is 2.28. The Labute approximate surface area is 99.5 Å². The van der Waals surface area contributed by atoms with E-state index in [1.54, 1.807) is 7.11 Å². The van der Waals surface area contributed by atoms with Crippen LogP contribution in [0.15, 0.2) is 30.6 Å². The van der Waals surface area contributed by atoms with Crippen LogP contribution in [0, 0.1) is 0 Å². The number of anilines is 1. The van der Waals surface area contributed by atoms with E-state index in [0.717, 1.165) is 10.9 Å². The SMILES string of the molecule is COCC(CO)Nc1ncnc2ccccc12. The van der Waals surface area contributed by atoms with E-state index in [9.17, 15) is 5.11 Å². The molecular formula is C12H15N3O2. The predicted molar refractivity (Wildman–Crippen MR) is 65.9 cm³/mol. The molecule has 0 aliphatic carbocycles. The lowest BCUT2D eigenvalue weighted by molar-refractivity contribution is 0.153. The van der Waals surface area contributed by atoms with Crippen LogP contribution in [0.5, 0.6) is 0 Å². The Morgan fingerprint density at radius 3 is 2.94 bits per heavy atom. The van der Waals surface area contributed by atoms with Gasteiger partial charge in [0.05, 0.1) is 24.8 Å². The average molecular weight is 233 g/mol. The summed E-state index contributed by atoms with van der Waals surface area (Å²) in [5.74, 6) is 0.715. The first kappa shape index (κ1) is 11.8. The van der Waals surface area contributed by atoms with Crippen molar-refractivity contribution in [2.75, 3.05) is 25.6 Å². The monoisotopic (exact) mass is 233 g/mol. The smallest absolute Gasteiger partial charge is 0.137 e. The van der Waals surface area contributed by atoms with Gasteiger partial charge in [0.1, 0.15) is 12.1 Å². The van der Waals surface area contributed by atoms with E-state index in [1.165, 1.54) is 6.33 Å². The van der Waals surface area contributed by atoms with E-state index in [0.29, 0.717) is 12.4 Å². The molecule has 0 saturated heterocycles. The highest BCUT2D eigenvalue weighted by molar-refractivity contribution is 5.88. The minimum Gasteiger partial charge on any atom is -0.394 e. The summed E-state index contributed by atoms with van der Waals surface area (Å²) in [6, 6.07) is 7.56. The molecule has 0 aliphatic heterocycles. The van der Waals surface area contributed by atoms with E-state index in [1.807, 2.05) is 24.3 Å². The maximum absolute atomic E-state index is 9.20. The second-order valence-corrected chi connectivity index (χ2v) is 3.72. The third-order valence-corrected chi connectivity index (χ3v) is 2.47. The highest BCUT2D eigenvalue weighted by Crippen LogP contribution is 2.18. The van der Waals surface area contributed by atoms with E-state index in [-0.39, 0.29) is 12.6 Å². The van der Waals surface area contributed by atoms with Gasteiger partial charge in [-0.25, -0.2) is 9.97 Å². The lowest BCUT2D eigenvalue weighted by atomic mass is 10.2. The molecule has 2 rings (SSSR count). The summed E-state index contributed by atoms with van der Waals surface area (Å²) in [4.78, 5) is 8.36. The Morgan fingerprint density at radius 2 is 2.18 bits per heavy atom. The fraction of sp³-hybridized carbons (Fsp3) is 0.333. The first-order valence-corrected chi connectivity index (χ1v) is 5.41. The predicted octanol–water partition coefficient (Wildman–Crippen LogP) is 1.05. The van der Waals surface area contributed by atoms with E-state index >= 15 is 0 Å². The van der Waals surface area contributed by atoms with Crippen molar-refractivity contribution in [3.63, 3.8) is 0 Å². The minimum atomic E-state index is -0.168. The fourth-order valence-corrected chi connectivity index (χ4v) is 1.65. The van der Waals surface area contributed by atoms with Crippen LogP contribution < -0.4 is 5.32 Å². The molecule has 5 nitrogen and oxygen atoms in total. The Hall–Kier alpha value is -1.72. The third-order valence-electron chi connectivity index (χ3n) is 2.47. The molecule has 1 aromatic heterocycles. The largest absolute Gasteiger partial charge is 0.394 e. The summed E-state index contributed by atoms with van der Waals surface area (Å²) < 4.78 is 5.01. The zero-order valence-electron chi connectivity index (χ0n) is 9.63. The quantitative estimate of drug-likeness (QED) is 0.808. The van der Waals surface area contributed by atoms with Crippen LogP contribution >= 0.6 is 0 Å². The second kappa shape index (κ2) is 5.56. The zero-order valence-corrected chi connectivity index (χ0v) is 9.63. The Bertz CT molecular complexity index is 485. The fourth-order valence-electron chi connectivity index (χ4n) is 1.65. The molecule has 1 atom stereocenters. The van der Waals surface area contributed by atoms with Gasteiger partial charge in [-0.1, -0.05) is 12.1 Å². The van der Waals surface area contributed by atoms with Crippen molar-refractivity contribution in [3.05, 3.63) is 30.6 Å². The Morgan fingerprint density at radius 1 is 1.35 bits per heavy atom. The lowest BCUT2D eigenvalue weighted by Crippen LogP contribution is -2.29. The number of ether oxygens (including phenoxy) is 1. The van der Waals surface area contributed by atoms with Crippen molar-refractivity contribution >= 4 is 16.7 Å². The Kier molecular flexibility index (Phi) is 3.85. The van der Waals surface area contributed by atoms with Crippen LogP contribution in [-0.2, 0) is 4.74 Å². The number of aliphatic hydroxyl groups excluding tert-OH is 1. The number of aromatic nitrogens is 2. The number of fused-ring (bicyclic) bond motifs is 1.